The zero-order valence-corrected chi connectivity index (χ0v) is 18.8. The van der Waals surface area contributed by atoms with Crippen molar-refractivity contribution in [3.8, 4) is 0 Å². The third kappa shape index (κ3) is 4.05. The van der Waals surface area contributed by atoms with Crippen LogP contribution in [0.1, 0.15) is 29.2 Å². The molecule has 0 saturated carbocycles. The topological polar surface area (TPSA) is 62.1 Å². The van der Waals surface area contributed by atoms with Crippen LogP contribution in [0.25, 0.3) is 5.57 Å². The summed E-state index contributed by atoms with van der Waals surface area (Å²) in [6.45, 7) is 6.51. The number of aryl methyl sites for hydroxylation is 1. The fourth-order valence-electron chi connectivity index (χ4n) is 4.89. The summed E-state index contributed by atoms with van der Waals surface area (Å²) < 4.78 is 11.5. The van der Waals surface area contributed by atoms with Gasteiger partial charge in [0.1, 0.15) is 0 Å². The number of amides is 2. The number of nitrogens with zero attached hydrogens (tertiary/aromatic N) is 4. The Bertz CT molecular complexity index is 1050. The summed E-state index contributed by atoms with van der Waals surface area (Å²) in [7, 11) is 1.73. The van der Waals surface area contributed by atoms with Gasteiger partial charge < -0.3 is 23.9 Å². The van der Waals surface area contributed by atoms with Crippen molar-refractivity contribution in [3.05, 3.63) is 71.1 Å². The Labute approximate surface area is 188 Å². The number of rotatable bonds is 3. The number of fused-ring (bicyclic) bond motifs is 1. The summed E-state index contributed by atoms with van der Waals surface area (Å²) in [6, 6.07) is 8.60. The van der Waals surface area contributed by atoms with Gasteiger partial charge in [-0.15, -0.1) is 0 Å². The highest BCUT2D eigenvalue weighted by Gasteiger charge is 2.30. The Morgan fingerprint density at radius 2 is 1.84 bits per heavy atom. The zero-order chi connectivity index (χ0) is 22.1. The van der Waals surface area contributed by atoms with E-state index in [9.17, 15) is 4.79 Å². The summed E-state index contributed by atoms with van der Waals surface area (Å²) in [5.74, 6) is 1.42. The number of oxazole rings is 1. The molecule has 1 saturated heterocycles. The van der Waals surface area contributed by atoms with Crippen molar-refractivity contribution >= 4 is 11.6 Å². The molecule has 1 aromatic carbocycles. The number of aromatic nitrogens is 1. The smallest absolute Gasteiger partial charge is 0.320 e. The average molecular weight is 435 g/mol. The number of carbonyl (C=O) groups is 1. The molecule has 168 valence electrons. The molecule has 1 unspecified atom stereocenters. The van der Waals surface area contributed by atoms with Gasteiger partial charge in [0.15, 0.2) is 11.7 Å². The molecule has 7 heteroatoms. The minimum absolute atomic E-state index is 0.0598. The standard InChI is InChI=1S/C25H30N4O3/c1-18-26-16-24(32-18)22-8-7-21(15-23(22)31-2)27-11-13-28(14-12-27)25(30)29-10-9-19-5-3-4-6-20(19)17-29/h3-8,16,23H,9-15,17H2,1-2H3. The first-order valence-electron chi connectivity index (χ1n) is 11.3. The monoisotopic (exact) mass is 434 g/mol. The maximum absolute atomic E-state index is 13.1. The maximum Gasteiger partial charge on any atom is 0.320 e. The van der Waals surface area contributed by atoms with Gasteiger partial charge in [-0.2, -0.15) is 0 Å². The highest BCUT2D eigenvalue weighted by Crippen LogP contribution is 2.31. The Morgan fingerprint density at radius 3 is 2.56 bits per heavy atom. The molecule has 1 aromatic heterocycles. The predicted octanol–water partition coefficient (Wildman–Crippen LogP) is 3.46. The normalized spacial score (nSPS) is 21.2. The number of ether oxygens (including phenoxy) is 1. The van der Waals surface area contributed by atoms with Crippen molar-refractivity contribution in [1.82, 2.24) is 19.7 Å². The van der Waals surface area contributed by atoms with Crippen LogP contribution in [0.2, 0.25) is 0 Å². The number of hydrogen-bond acceptors (Lipinski definition) is 5. The minimum atomic E-state index is -0.0598. The summed E-state index contributed by atoms with van der Waals surface area (Å²) in [5, 5.41) is 0. The number of carbonyl (C=O) groups excluding carboxylic acids is 1. The van der Waals surface area contributed by atoms with Gasteiger partial charge in [0, 0.05) is 71.0 Å². The Morgan fingerprint density at radius 1 is 1.06 bits per heavy atom. The third-order valence-electron chi connectivity index (χ3n) is 6.74. The van der Waals surface area contributed by atoms with Crippen LogP contribution in [-0.2, 0) is 17.7 Å². The minimum Gasteiger partial charge on any atom is -0.441 e. The van der Waals surface area contributed by atoms with Crippen LogP contribution in [0, 0.1) is 6.92 Å². The molecule has 0 radical (unpaired) electrons. The number of benzene rings is 1. The molecule has 1 fully saturated rings. The first kappa shape index (κ1) is 20.8. The largest absolute Gasteiger partial charge is 0.441 e. The van der Waals surface area contributed by atoms with E-state index in [0.29, 0.717) is 12.4 Å². The van der Waals surface area contributed by atoms with Gasteiger partial charge >= 0.3 is 6.03 Å². The van der Waals surface area contributed by atoms with Crippen molar-refractivity contribution in [1.29, 1.82) is 0 Å². The van der Waals surface area contributed by atoms with E-state index in [0.717, 1.165) is 56.9 Å². The second-order valence-corrected chi connectivity index (χ2v) is 8.65. The van der Waals surface area contributed by atoms with Gasteiger partial charge in [0.2, 0.25) is 0 Å². The van der Waals surface area contributed by atoms with Crippen LogP contribution in [0.4, 0.5) is 4.79 Å². The molecule has 5 rings (SSSR count). The van der Waals surface area contributed by atoms with Crippen molar-refractivity contribution in [2.75, 3.05) is 39.8 Å². The SMILES string of the molecule is COC1CC(N2CCN(C(=O)N3CCc4ccccc4C3)CC2)=CC=C1c1cnc(C)o1. The molecule has 0 N–H and O–H groups in total. The molecule has 2 aromatic rings. The average Bonchev–Trinajstić information content (AvgIpc) is 3.29. The van der Waals surface area contributed by atoms with Gasteiger partial charge in [0.05, 0.1) is 12.3 Å². The molecule has 3 aliphatic rings. The Balaban J connectivity index is 1.21. The molecule has 1 aliphatic carbocycles. The van der Waals surface area contributed by atoms with Crippen molar-refractivity contribution in [2.45, 2.75) is 32.4 Å². The van der Waals surface area contributed by atoms with Crippen LogP contribution >= 0.6 is 0 Å². The molecule has 3 heterocycles. The van der Waals surface area contributed by atoms with Crippen molar-refractivity contribution in [2.24, 2.45) is 0 Å². The third-order valence-corrected chi connectivity index (χ3v) is 6.74. The van der Waals surface area contributed by atoms with Crippen molar-refractivity contribution < 1.29 is 13.9 Å². The fourth-order valence-corrected chi connectivity index (χ4v) is 4.89. The molecule has 0 spiro atoms. The maximum atomic E-state index is 13.1. The summed E-state index contributed by atoms with van der Waals surface area (Å²) in [4.78, 5) is 23.7. The van der Waals surface area contributed by atoms with E-state index in [1.807, 2.05) is 16.7 Å². The van der Waals surface area contributed by atoms with Gasteiger partial charge in [-0.3, -0.25) is 0 Å². The molecule has 32 heavy (non-hydrogen) atoms. The lowest BCUT2D eigenvalue weighted by Gasteiger charge is -2.41. The first-order valence-corrected chi connectivity index (χ1v) is 11.3. The lowest BCUT2D eigenvalue weighted by Crippen LogP contribution is -2.53. The highest BCUT2D eigenvalue weighted by molar-refractivity contribution is 5.75. The summed E-state index contributed by atoms with van der Waals surface area (Å²) >= 11 is 0. The number of methoxy groups -OCH3 is 1. The van der Waals surface area contributed by atoms with Gasteiger partial charge in [-0.1, -0.05) is 30.3 Å². The van der Waals surface area contributed by atoms with Crippen LogP contribution in [0.15, 0.2) is 52.7 Å². The van der Waals surface area contributed by atoms with Gasteiger partial charge in [-0.05, 0) is 23.6 Å². The molecule has 7 nitrogen and oxygen atoms in total. The van der Waals surface area contributed by atoms with E-state index < -0.39 is 0 Å². The Kier molecular flexibility index (Phi) is 5.74. The Hall–Kier alpha value is -3.06. The number of hydrogen-bond donors (Lipinski definition) is 0. The number of allylic oxidation sites excluding steroid dienone is 2. The predicted molar refractivity (Wildman–Crippen MR) is 122 cm³/mol. The summed E-state index contributed by atoms with van der Waals surface area (Å²) in [5.41, 5.74) is 4.91. The van der Waals surface area contributed by atoms with E-state index in [-0.39, 0.29) is 12.1 Å². The van der Waals surface area contributed by atoms with Crippen LogP contribution in [0.3, 0.4) is 0 Å². The second kappa shape index (κ2) is 8.82. The number of urea groups is 1. The fraction of sp³-hybridized carbons (Fsp3) is 0.440. The van der Waals surface area contributed by atoms with E-state index in [2.05, 4.69) is 46.3 Å². The molecule has 1 atom stereocenters. The molecule has 2 amide bonds. The molecule has 2 aliphatic heterocycles. The second-order valence-electron chi connectivity index (χ2n) is 8.65. The molecule has 0 bridgehead atoms. The quantitative estimate of drug-likeness (QED) is 0.740. The zero-order valence-electron chi connectivity index (χ0n) is 18.8. The number of piperazine rings is 1. The van der Waals surface area contributed by atoms with E-state index in [4.69, 9.17) is 9.15 Å². The van der Waals surface area contributed by atoms with E-state index in [1.54, 1.807) is 13.3 Å². The van der Waals surface area contributed by atoms with Crippen LogP contribution < -0.4 is 0 Å². The van der Waals surface area contributed by atoms with Crippen LogP contribution in [-0.4, -0.2) is 71.7 Å². The van der Waals surface area contributed by atoms with Crippen molar-refractivity contribution in [3.63, 3.8) is 0 Å². The molecular weight excluding hydrogens is 404 g/mol. The van der Waals surface area contributed by atoms with E-state index >= 15 is 0 Å². The van der Waals surface area contributed by atoms with Gasteiger partial charge in [-0.25, -0.2) is 9.78 Å². The van der Waals surface area contributed by atoms with Crippen LogP contribution in [0.5, 0.6) is 0 Å². The lowest BCUT2D eigenvalue weighted by atomic mass is 9.96. The first-order chi connectivity index (χ1) is 15.6. The summed E-state index contributed by atoms with van der Waals surface area (Å²) in [6.07, 6.45) is 7.66. The highest BCUT2D eigenvalue weighted by atomic mass is 16.5. The van der Waals surface area contributed by atoms with E-state index in [1.165, 1.54) is 16.8 Å². The van der Waals surface area contributed by atoms with Gasteiger partial charge in [0.25, 0.3) is 0 Å². The molecular formula is C25H30N4O3. The lowest BCUT2D eigenvalue weighted by molar-refractivity contribution is 0.108.